The lowest BCUT2D eigenvalue weighted by Crippen LogP contribution is -2.30. The molecule has 0 aliphatic carbocycles. The molecule has 0 rings (SSSR count). The van der Waals surface area contributed by atoms with Crippen LogP contribution in [-0.4, -0.2) is 95.9 Å². The van der Waals surface area contributed by atoms with Crippen LogP contribution in [0.4, 0.5) is 0 Å². The highest BCUT2D eigenvalue weighted by atomic mass is 31.2. The molecule has 0 saturated heterocycles. The predicted molar refractivity (Wildman–Crippen MR) is 444 cm³/mol. The van der Waals surface area contributed by atoms with Crippen molar-refractivity contribution in [3.63, 3.8) is 0 Å². The lowest BCUT2D eigenvalue weighted by atomic mass is 10.0. The van der Waals surface area contributed by atoms with E-state index in [1.807, 2.05) is 12.2 Å². The number of carbonyl (C=O) groups is 3. The normalized spacial score (nSPS) is 15.0. The highest BCUT2D eigenvalue weighted by Crippen LogP contribution is 2.45. The van der Waals surface area contributed by atoms with Gasteiger partial charge in [-0.2, -0.15) is 0 Å². The molecule has 0 spiro atoms. The second-order valence-electron chi connectivity index (χ2n) is 26.1. The molecular formula is C89H142O16P2. The minimum atomic E-state index is -4.96. The van der Waals surface area contributed by atoms with Gasteiger partial charge in [0.05, 0.1) is 26.4 Å². The van der Waals surface area contributed by atoms with Gasteiger partial charge < -0.3 is 34.2 Å². The van der Waals surface area contributed by atoms with Crippen LogP contribution in [0.2, 0.25) is 0 Å². The fourth-order valence-corrected chi connectivity index (χ4v) is 11.6. The molecule has 0 aromatic rings. The smallest absolute Gasteiger partial charge is 0.463 e. The largest absolute Gasteiger partial charge is 0.472 e. The Morgan fingerprint density at radius 3 is 0.766 bits per heavy atom. The molecule has 107 heavy (non-hydrogen) atoms. The molecule has 0 aromatic heterocycles. The van der Waals surface area contributed by atoms with Crippen LogP contribution < -0.4 is 0 Å². The maximum atomic E-state index is 13.0. The zero-order chi connectivity index (χ0) is 78.0. The van der Waals surface area contributed by atoms with Crippen LogP contribution in [0.15, 0.2) is 207 Å². The number of carbonyl (C=O) groups excluding carboxylic acids is 3. The SMILES string of the molecule is CC/C=C\C/C=C\C/C=C\C/C=C\C/C=C\C/C=C\CCCCCCCCCCCCCCC(=O)OCC(O)COP(=O)(O)OCC(O)COP(=O)(O)OCC(COC(=O)CCCCCC/C=C\C/C=C\C/C=C\C/C=C\C/C=C\C/C=C\CC)OC(=O)CCC/C=C\C/C=C\C/C=C\C/C=C\C/C=C\CC. The van der Waals surface area contributed by atoms with Gasteiger partial charge in [0.25, 0.3) is 0 Å². The second-order valence-corrected chi connectivity index (χ2v) is 29.0. The van der Waals surface area contributed by atoms with Gasteiger partial charge in [0, 0.05) is 19.3 Å². The molecule has 0 aromatic carbocycles. The molecule has 0 aliphatic heterocycles. The van der Waals surface area contributed by atoms with Gasteiger partial charge in [0.15, 0.2) is 6.10 Å². The van der Waals surface area contributed by atoms with E-state index in [9.17, 15) is 43.5 Å². The monoisotopic (exact) mass is 1530 g/mol. The Hall–Kier alpha value is -5.87. The molecule has 0 radical (unpaired) electrons. The first kappa shape index (κ1) is 101. The van der Waals surface area contributed by atoms with Gasteiger partial charge in [-0.25, -0.2) is 9.13 Å². The fraction of sp³-hybridized carbons (Fsp3) is 0.584. The summed E-state index contributed by atoms with van der Waals surface area (Å²) in [7, 11) is -9.84. The number of allylic oxidation sites excluding steroid dienone is 34. The van der Waals surface area contributed by atoms with Crippen molar-refractivity contribution in [3.8, 4) is 0 Å². The number of rotatable bonds is 74. The number of hydrogen-bond donors (Lipinski definition) is 4. The highest BCUT2D eigenvalue weighted by Gasteiger charge is 2.29. The number of esters is 3. The van der Waals surface area contributed by atoms with Gasteiger partial charge in [0.1, 0.15) is 25.4 Å². The summed E-state index contributed by atoms with van der Waals surface area (Å²) >= 11 is 0. The number of unbranched alkanes of at least 4 members (excludes halogenated alkanes) is 17. The van der Waals surface area contributed by atoms with E-state index in [2.05, 4.69) is 215 Å². The van der Waals surface area contributed by atoms with E-state index in [0.717, 1.165) is 161 Å². The summed E-state index contributed by atoms with van der Waals surface area (Å²) in [4.78, 5) is 58.7. The van der Waals surface area contributed by atoms with E-state index < -0.39 is 91.5 Å². The summed E-state index contributed by atoms with van der Waals surface area (Å²) in [6.45, 7) is 2.21. The molecule has 0 heterocycles. The Balaban J connectivity index is 4.63. The first-order valence-electron chi connectivity index (χ1n) is 40.4. The van der Waals surface area contributed by atoms with Gasteiger partial charge in [0.2, 0.25) is 0 Å². The molecular weight excluding hydrogens is 1390 g/mol. The van der Waals surface area contributed by atoms with Gasteiger partial charge in [-0.3, -0.25) is 32.5 Å². The molecule has 5 atom stereocenters. The maximum absolute atomic E-state index is 13.0. The molecule has 0 amide bonds. The average molecular weight is 1530 g/mol. The predicted octanol–water partition coefficient (Wildman–Crippen LogP) is 24.1. The quantitative estimate of drug-likeness (QED) is 0.0146. The van der Waals surface area contributed by atoms with Gasteiger partial charge >= 0.3 is 33.6 Å². The fourth-order valence-electron chi connectivity index (χ4n) is 9.97. The zero-order valence-electron chi connectivity index (χ0n) is 66.0. The topological polar surface area (TPSA) is 231 Å². The van der Waals surface area contributed by atoms with Crippen molar-refractivity contribution in [2.24, 2.45) is 0 Å². The third kappa shape index (κ3) is 81.0. The maximum Gasteiger partial charge on any atom is 0.472 e. The van der Waals surface area contributed by atoms with Crippen molar-refractivity contribution in [1.82, 2.24) is 0 Å². The number of aliphatic hydroxyl groups is 2. The van der Waals surface area contributed by atoms with E-state index in [0.29, 0.717) is 25.7 Å². The van der Waals surface area contributed by atoms with Crippen molar-refractivity contribution in [3.05, 3.63) is 207 Å². The lowest BCUT2D eigenvalue weighted by Gasteiger charge is -2.21. The number of phosphoric acid groups is 2. The van der Waals surface area contributed by atoms with Crippen LogP contribution >= 0.6 is 15.6 Å². The van der Waals surface area contributed by atoms with Crippen LogP contribution in [0.3, 0.4) is 0 Å². The molecule has 16 nitrogen and oxygen atoms in total. The van der Waals surface area contributed by atoms with Crippen molar-refractivity contribution in [2.45, 2.75) is 296 Å². The van der Waals surface area contributed by atoms with Gasteiger partial charge in [-0.05, 0) is 161 Å². The summed E-state index contributed by atoms with van der Waals surface area (Å²) in [6.07, 6.45) is 106. The highest BCUT2D eigenvalue weighted by molar-refractivity contribution is 7.47. The van der Waals surface area contributed by atoms with E-state index in [-0.39, 0.29) is 19.3 Å². The Bertz CT molecular complexity index is 2770. The zero-order valence-corrected chi connectivity index (χ0v) is 67.8. The summed E-state index contributed by atoms with van der Waals surface area (Å²) in [5.41, 5.74) is 0. The minimum absolute atomic E-state index is 0.0118. The van der Waals surface area contributed by atoms with Crippen LogP contribution in [0.1, 0.15) is 278 Å². The third-order valence-electron chi connectivity index (χ3n) is 16.0. The van der Waals surface area contributed by atoms with Crippen LogP contribution in [-0.2, 0) is 55.8 Å². The molecule has 0 saturated carbocycles. The lowest BCUT2D eigenvalue weighted by molar-refractivity contribution is -0.161. The third-order valence-corrected chi connectivity index (χ3v) is 17.9. The number of hydrogen-bond acceptors (Lipinski definition) is 14. The van der Waals surface area contributed by atoms with Crippen molar-refractivity contribution in [2.75, 3.05) is 39.6 Å². The molecule has 5 unspecified atom stereocenters. The number of ether oxygens (including phenoxy) is 3. The van der Waals surface area contributed by atoms with Crippen LogP contribution in [0.5, 0.6) is 0 Å². The molecule has 0 aliphatic rings. The minimum Gasteiger partial charge on any atom is -0.463 e. The van der Waals surface area contributed by atoms with Gasteiger partial charge in [-0.1, -0.05) is 304 Å². The first-order chi connectivity index (χ1) is 52.2. The standard InChI is InChI=1S/C89H142O16P2/c1-4-7-10-13-16-19-22-25-28-31-33-35-37-38-39-40-41-42-43-44-46-48-49-52-54-57-60-63-66-69-72-75-87(92)99-78-84(90)79-101-106(95,96)102-80-85(91)81-103-107(97,98)104-83-86(105-89(94)77-74-71-68-65-62-59-56-51-30-27-24-21-18-15-12-9-6-3)82-100-88(93)76-73-70-67-64-61-58-55-53-50-47-45-36-34-32-29-26-23-20-17-14-11-8-5-2/h7-12,16-21,25-30,33-36,38-39,41-42,47,50,55-56,58-59,65,68,84-86,90-91H,4-6,13-15,22-24,31-32,37,40,43-46,48-49,51-54,57,60-64,66-67,69-83H2,1-3H3,(H,95,96)(H,97,98)/b10-7-,11-8-,12-9-,19-16-,20-17-,21-18-,28-25-,29-26-,30-27-,35-33-,36-34-,39-38-,42-41-,50-47-,58-55-,59-56-,68-65-. The van der Waals surface area contributed by atoms with E-state index in [4.69, 9.17) is 32.3 Å². The molecule has 18 heteroatoms. The first-order valence-corrected chi connectivity index (χ1v) is 43.4. The number of phosphoric ester groups is 2. The van der Waals surface area contributed by atoms with Crippen molar-refractivity contribution >= 4 is 33.6 Å². The Kier molecular flexibility index (Phi) is 75.3. The number of aliphatic hydroxyl groups excluding tert-OH is 2. The summed E-state index contributed by atoms with van der Waals surface area (Å²) < 4.78 is 61.1. The van der Waals surface area contributed by atoms with E-state index in [1.165, 1.54) is 51.4 Å². The van der Waals surface area contributed by atoms with E-state index >= 15 is 0 Å². The molecule has 0 fully saturated rings. The van der Waals surface area contributed by atoms with E-state index in [1.54, 1.807) is 0 Å². The Morgan fingerprint density at radius 1 is 0.262 bits per heavy atom. The molecule has 604 valence electrons. The Morgan fingerprint density at radius 2 is 0.477 bits per heavy atom. The summed E-state index contributed by atoms with van der Waals surface area (Å²) in [5, 5.41) is 20.7. The summed E-state index contributed by atoms with van der Waals surface area (Å²) in [6, 6.07) is 0. The molecule has 4 N–H and O–H groups in total. The van der Waals surface area contributed by atoms with Crippen molar-refractivity contribution < 1.29 is 75.8 Å². The van der Waals surface area contributed by atoms with Crippen LogP contribution in [0.25, 0.3) is 0 Å². The van der Waals surface area contributed by atoms with Crippen molar-refractivity contribution in [1.29, 1.82) is 0 Å². The average Bonchev–Trinajstić information content (AvgIpc) is 0.909. The second kappa shape index (κ2) is 79.7. The summed E-state index contributed by atoms with van der Waals surface area (Å²) in [5.74, 6) is -1.69. The molecule has 0 bridgehead atoms. The van der Waals surface area contributed by atoms with Crippen LogP contribution in [0, 0.1) is 0 Å². The van der Waals surface area contributed by atoms with Gasteiger partial charge in [-0.15, -0.1) is 0 Å². The Labute approximate surface area is 648 Å².